The van der Waals surface area contributed by atoms with Crippen LogP contribution in [0.4, 0.5) is 0 Å². The van der Waals surface area contributed by atoms with E-state index in [1.54, 1.807) is 6.08 Å². The van der Waals surface area contributed by atoms with E-state index in [2.05, 4.69) is 13.0 Å². The Balaban J connectivity index is 1.66. The minimum Gasteiger partial charge on any atom is -0.463 e. The van der Waals surface area contributed by atoms with Crippen molar-refractivity contribution in [2.45, 2.75) is 84.5 Å². The number of ether oxygens (including phenoxy) is 1. The van der Waals surface area contributed by atoms with Gasteiger partial charge in [-0.2, -0.15) is 0 Å². The number of carbonyl (C=O) groups excluding carboxylic acids is 1. The Labute approximate surface area is 143 Å². The molecule has 0 heterocycles. The maximum Gasteiger partial charge on any atom is 0.330 e. The average molecular weight is 321 g/mol. The number of esters is 1. The molecule has 2 rings (SSSR count). The molecule has 132 valence electrons. The first-order valence-electron chi connectivity index (χ1n) is 10.1. The summed E-state index contributed by atoms with van der Waals surface area (Å²) >= 11 is 0. The van der Waals surface area contributed by atoms with Crippen molar-refractivity contribution in [2.24, 2.45) is 23.7 Å². The molecule has 0 atom stereocenters. The summed E-state index contributed by atoms with van der Waals surface area (Å²) in [5.41, 5.74) is 0. The maximum atomic E-state index is 11.4. The van der Waals surface area contributed by atoms with Crippen LogP contribution < -0.4 is 0 Å². The first kappa shape index (κ1) is 18.5. The van der Waals surface area contributed by atoms with Crippen molar-refractivity contribution in [1.29, 1.82) is 0 Å². The Bertz CT molecular complexity index is 358. The lowest BCUT2D eigenvalue weighted by Crippen LogP contribution is -2.25. The maximum absolute atomic E-state index is 11.4. The van der Waals surface area contributed by atoms with Crippen molar-refractivity contribution < 1.29 is 9.53 Å². The zero-order valence-corrected chi connectivity index (χ0v) is 15.3. The molecule has 0 spiro atoms. The van der Waals surface area contributed by atoms with Crippen molar-refractivity contribution in [1.82, 2.24) is 0 Å². The van der Waals surface area contributed by atoms with Crippen LogP contribution in [0.25, 0.3) is 0 Å². The molecule has 23 heavy (non-hydrogen) atoms. The largest absolute Gasteiger partial charge is 0.463 e. The van der Waals surface area contributed by atoms with E-state index < -0.39 is 0 Å². The normalized spacial score (nSPS) is 32.1. The predicted molar refractivity (Wildman–Crippen MR) is 96.2 cm³/mol. The van der Waals surface area contributed by atoms with Crippen LogP contribution in [-0.2, 0) is 9.53 Å². The van der Waals surface area contributed by atoms with Crippen LogP contribution in [0.5, 0.6) is 0 Å². The van der Waals surface area contributed by atoms with Crippen LogP contribution in [0.1, 0.15) is 84.5 Å². The quantitative estimate of drug-likeness (QED) is 0.430. The highest BCUT2D eigenvalue weighted by molar-refractivity contribution is 5.81. The fourth-order valence-corrected chi connectivity index (χ4v) is 4.65. The van der Waals surface area contributed by atoms with Gasteiger partial charge in [0.2, 0.25) is 0 Å². The van der Waals surface area contributed by atoms with Gasteiger partial charge < -0.3 is 4.74 Å². The molecule has 0 aromatic carbocycles. The zero-order valence-electron chi connectivity index (χ0n) is 15.3. The first-order chi connectivity index (χ1) is 11.2. The van der Waals surface area contributed by atoms with Gasteiger partial charge in [-0.15, -0.1) is 0 Å². The van der Waals surface area contributed by atoms with Gasteiger partial charge in [-0.25, -0.2) is 4.79 Å². The highest BCUT2D eigenvalue weighted by Crippen LogP contribution is 2.42. The number of hydrogen-bond acceptors (Lipinski definition) is 2. The Kier molecular flexibility index (Phi) is 8.19. The average Bonchev–Trinajstić information content (AvgIpc) is 2.59. The van der Waals surface area contributed by atoms with Crippen molar-refractivity contribution in [2.75, 3.05) is 6.61 Å². The molecule has 2 saturated carbocycles. The summed E-state index contributed by atoms with van der Waals surface area (Å²) in [5.74, 6) is 3.38. The molecule has 2 heteroatoms. The smallest absolute Gasteiger partial charge is 0.330 e. The SMILES string of the molecule is CCCCC1CCC(C2CCC(C=CC(=O)OCC)CC2)CC1. The van der Waals surface area contributed by atoms with Gasteiger partial charge in [0.25, 0.3) is 0 Å². The van der Waals surface area contributed by atoms with Crippen molar-refractivity contribution in [3.63, 3.8) is 0 Å². The van der Waals surface area contributed by atoms with E-state index in [4.69, 9.17) is 4.74 Å². The highest BCUT2D eigenvalue weighted by Gasteiger charge is 2.30. The van der Waals surface area contributed by atoms with E-state index in [9.17, 15) is 4.79 Å². The minimum atomic E-state index is -0.181. The van der Waals surface area contributed by atoms with Crippen LogP contribution in [-0.4, -0.2) is 12.6 Å². The molecule has 0 aromatic heterocycles. The summed E-state index contributed by atoms with van der Waals surface area (Å²) in [4.78, 5) is 11.4. The number of allylic oxidation sites excluding steroid dienone is 1. The Morgan fingerprint density at radius 2 is 1.57 bits per heavy atom. The molecule has 2 nitrogen and oxygen atoms in total. The minimum absolute atomic E-state index is 0.181. The lowest BCUT2D eigenvalue weighted by atomic mass is 9.68. The van der Waals surface area contributed by atoms with E-state index in [0.29, 0.717) is 12.5 Å². The van der Waals surface area contributed by atoms with Gasteiger partial charge in [-0.1, -0.05) is 45.1 Å². The molecule has 0 radical (unpaired) electrons. The van der Waals surface area contributed by atoms with Crippen LogP contribution in [0.3, 0.4) is 0 Å². The van der Waals surface area contributed by atoms with E-state index in [0.717, 1.165) is 17.8 Å². The lowest BCUT2D eigenvalue weighted by Gasteiger charge is -2.37. The Hall–Kier alpha value is -0.790. The van der Waals surface area contributed by atoms with E-state index in [-0.39, 0.29) is 5.97 Å². The first-order valence-corrected chi connectivity index (χ1v) is 10.1. The molecule has 2 fully saturated rings. The zero-order chi connectivity index (χ0) is 16.5. The van der Waals surface area contributed by atoms with Crippen LogP contribution in [0.15, 0.2) is 12.2 Å². The van der Waals surface area contributed by atoms with Crippen molar-refractivity contribution >= 4 is 5.97 Å². The number of carbonyl (C=O) groups is 1. The topological polar surface area (TPSA) is 26.3 Å². The second kappa shape index (κ2) is 10.2. The highest BCUT2D eigenvalue weighted by atomic mass is 16.5. The summed E-state index contributed by atoms with van der Waals surface area (Å²) in [7, 11) is 0. The molecule has 0 aromatic rings. The third-order valence-electron chi connectivity index (χ3n) is 6.13. The summed E-state index contributed by atoms with van der Waals surface area (Å²) in [6, 6.07) is 0. The van der Waals surface area contributed by atoms with Gasteiger partial charge in [0.05, 0.1) is 6.61 Å². The molecule has 2 aliphatic carbocycles. The predicted octanol–water partition coefficient (Wildman–Crippen LogP) is 5.91. The second-order valence-electron chi connectivity index (χ2n) is 7.71. The van der Waals surface area contributed by atoms with E-state index in [1.807, 2.05) is 6.92 Å². The van der Waals surface area contributed by atoms with E-state index >= 15 is 0 Å². The van der Waals surface area contributed by atoms with E-state index in [1.165, 1.54) is 70.6 Å². The number of hydrogen-bond donors (Lipinski definition) is 0. The third-order valence-corrected chi connectivity index (χ3v) is 6.13. The van der Waals surface area contributed by atoms with Crippen molar-refractivity contribution in [3.05, 3.63) is 12.2 Å². The second-order valence-corrected chi connectivity index (χ2v) is 7.71. The summed E-state index contributed by atoms with van der Waals surface area (Å²) in [6.07, 6.45) is 19.1. The fraction of sp³-hybridized carbons (Fsp3) is 0.857. The molecule has 0 saturated heterocycles. The Morgan fingerprint density at radius 1 is 0.957 bits per heavy atom. The van der Waals surface area contributed by atoms with Crippen LogP contribution in [0, 0.1) is 23.7 Å². The monoisotopic (exact) mass is 320 g/mol. The molecule has 2 aliphatic rings. The van der Waals surface area contributed by atoms with Gasteiger partial charge in [0.1, 0.15) is 0 Å². The van der Waals surface area contributed by atoms with Crippen LogP contribution >= 0.6 is 0 Å². The number of rotatable bonds is 7. The molecule has 0 bridgehead atoms. The molecule has 0 N–H and O–H groups in total. The molecule has 0 aliphatic heterocycles. The van der Waals surface area contributed by atoms with Crippen LogP contribution in [0.2, 0.25) is 0 Å². The summed E-state index contributed by atoms with van der Waals surface area (Å²) < 4.78 is 4.96. The molecular formula is C21H36O2. The molecular weight excluding hydrogens is 284 g/mol. The van der Waals surface area contributed by atoms with Crippen molar-refractivity contribution in [3.8, 4) is 0 Å². The van der Waals surface area contributed by atoms with Gasteiger partial charge in [-0.05, 0) is 69.1 Å². The van der Waals surface area contributed by atoms with Gasteiger partial charge in [-0.3, -0.25) is 0 Å². The number of unbranched alkanes of at least 4 members (excludes halogenated alkanes) is 1. The van der Waals surface area contributed by atoms with Gasteiger partial charge in [0, 0.05) is 6.08 Å². The van der Waals surface area contributed by atoms with Gasteiger partial charge >= 0.3 is 5.97 Å². The standard InChI is InChI=1S/C21H36O2/c1-3-5-6-17-7-12-19(13-8-17)20-14-9-18(10-15-20)11-16-21(22)23-4-2/h11,16-20H,3-10,12-15H2,1-2H3. The fourth-order valence-electron chi connectivity index (χ4n) is 4.65. The Morgan fingerprint density at radius 3 is 2.13 bits per heavy atom. The van der Waals surface area contributed by atoms with Gasteiger partial charge in [0.15, 0.2) is 0 Å². The summed E-state index contributed by atoms with van der Waals surface area (Å²) in [5, 5.41) is 0. The lowest BCUT2D eigenvalue weighted by molar-refractivity contribution is -0.137. The molecule has 0 amide bonds. The third kappa shape index (κ3) is 6.31. The summed E-state index contributed by atoms with van der Waals surface area (Å²) in [6.45, 7) is 4.63. The molecule has 0 unspecified atom stereocenters.